The molecule has 0 fully saturated rings. The molecule has 4 aromatic rings. The van der Waals surface area contributed by atoms with Gasteiger partial charge in [-0.15, -0.1) is 11.8 Å². The Morgan fingerprint density at radius 1 is 0.769 bits per heavy atom. The van der Waals surface area contributed by atoms with Gasteiger partial charge in [0, 0.05) is 22.6 Å². The molecule has 1 atom stereocenters. The quantitative estimate of drug-likeness (QED) is 0.217. The number of esters is 1. The number of ketones is 1. The van der Waals surface area contributed by atoms with Crippen LogP contribution in [-0.4, -0.2) is 35.4 Å². The van der Waals surface area contributed by atoms with Crippen molar-refractivity contribution in [2.75, 3.05) is 17.2 Å². The Labute approximate surface area is 229 Å². The molecule has 7 nitrogen and oxygen atoms in total. The molecule has 0 spiro atoms. The van der Waals surface area contributed by atoms with Crippen LogP contribution >= 0.6 is 11.8 Å². The number of rotatable bonds is 8. The highest BCUT2D eigenvalue weighted by atomic mass is 32.2. The molecule has 0 bridgehead atoms. The third-order valence-corrected chi connectivity index (χ3v) is 7.41. The maximum atomic E-state index is 12.5. The van der Waals surface area contributed by atoms with Gasteiger partial charge in [0.1, 0.15) is 0 Å². The van der Waals surface area contributed by atoms with Crippen LogP contribution in [0.1, 0.15) is 27.1 Å². The van der Waals surface area contributed by atoms with E-state index in [-0.39, 0.29) is 36.2 Å². The minimum atomic E-state index is -0.643. The summed E-state index contributed by atoms with van der Waals surface area (Å²) in [6.07, 6.45) is 0.00304. The molecule has 1 aliphatic rings. The van der Waals surface area contributed by atoms with E-state index in [9.17, 15) is 19.2 Å². The number of benzene rings is 4. The molecule has 2 amide bonds. The van der Waals surface area contributed by atoms with Crippen molar-refractivity contribution in [2.24, 2.45) is 0 Å². The third-order valence-electron chi connectivity index (χ3n) is 6.13. The molecule has 194 valence electrons. The van der Waals surface area contributed by atoms with Crippen molar-refractivity contribution < 1.29 is 23.9 Å². The first kappa shape index (κ1) is 25.9. The zero-order valence-corrected chi connectivity index (χ0v) is 21.6. The first-order valence-corrected chi connectivity index (χ1v) is 13.2. The number of thioether (sulfide) groups is 1. The molecular formula is C31H24N2O5S. The van der Waals surface area contributed by atoms with Crippen LogP contribution in [0, 0.1) is 0 Å². The molecule has 0 saturated heterocycles. The molecule has 1 heterocycles. The lowest BCUT2D eigenvalue weighted by Gasteiger charge is -2.23. The highest BCUT2D eigenvalue weighted by Gasteiger charge is 2.28. The predicted octanol–water partition coefficient (Wildman–Crippen LogP) is 5.83. The third kappa shape index (κ3) is 6.42. The van der Waals surface area contributed by atoms with Gasteiger partial charge in [0.2, 0.25) is 11.8 Å². The monoisotopic (exact) mass is 536 g/mol. The predicted molar refractivity (Wildman–Crippen MR) is 151 cm³/mol. The standard InChI is InChI=1S/C31H24N2O5S/c34-26(22-12-10-21(11-13-22)20-6-2-1-3-7-20)19-38-31(37)23-14-16-24(17-15-23)32-29(35)18-28-30(36)33-25-8-4-5-9-27(25)39-28/h1-17,28H,18-19H2,(H,32,35)(H,33,36). The molecule has 0 aliphatic carbocycles. The van der Waals surface area contributed by atoms with Crippen LogP contribution in [0.2, 0.25) is 0 Å². The summed E-state index contributed by atoms with van der Waals surface area (Å²) in [4.78, 5) is 50.8. The second kappa shape index (κ2) is 11.8. The Morgan fingerprint density at radius 2 is 1.41 bits per heavy atom. The van der Waals surface area contributed by atoms with Gasteiger partial charge in [0.05, 0.1) is 16.5 Å². The van der Waals surface area contributed by atoms with E-state index >= 15 is 0 Å². The van der Waals surface area contributed by atoms with Crippen LogP contribution in [0.15, 0.2) is 108 Å². The summed E-state index contributed by atoms with van der Waals surface area (Å²) in [5.41, 5.74) is 3.96. The van der Waals surface area contributed by atoms with E-state index in [0.717, 1.165) is 21.7 Å². The van der Waals surface area contributed by atoms with Crippen molar-refractivity contribution in [2.45, 2.75) is 16.6 Å². The van der Waals surface area contributed by atoms with Crippen molar-refractivity contribution in [3.63, 3.8) is 0 Å². The lowest BCUT2D eigenvalue weighted by molar-refractivity contribution is -0.120. The van der Waals surface area contributed by atoms with Gasteiger partial charge in [-0.1, -0.05) is 66.7 Å². The normalized spacial score (nSPS) is 14.1. The fourth-order valence-corrected chi connectivity index (χ4v) is 5.18. The van der Waals surface area contributed by atoms with Crippen LogP contribution in [-0.2, 0) is 14.3 Å². The van der Waals surface area contributed by atoms with Gasteiger partial charge in [-0.2, -0.15) is 0 Å². The van der Waals surface area contributed by atoms with Gasteiger partial charge in [0.15, 0.2) is 12.4 Å². The number of para-hydroxylation sites is 1. The summed E-state index contributed by atoms with van der Waals surface area (Å²) in [6.45, 7) is -0.383. The molecular weight excluding hydrogens is 512 g/mol. The van der Waals surface area contributed by atoms with Gasteiger partial charge in [-0.05, 0) is 47.5 Å². The molecule has 1 unspecified atom stereocenters. The van der Waals surface area contributed by atoms with E-state index in [4.69, 9.17) is 4.74 Å². The van der Waals surface area contributed by atoms with Crippen LogP contribution in [0.4, 0.5) is 11.4 Å². The molecule has 2 N–H and O–H groups in total. The van der Waals surface area contributed by atoms with Crippen LogP contribution in [0.3, 0.4) is 0 Å². The number of nitrogens with one attached hydrogen (secondary N) is 2. The Morgan fingerprint density at radius 3 is 2.15 bits per heavy atom. The van der Waals surface area contributed by atoms with Gasteiger partial charge < -0.3 is 15.4 Å². The number of anilines is 2. The van der Waals surface area contributed by atoms with E-state index in [1.807, 2.05) is 66.7 Å². The summed E-state index contributed by atoms with van der Waals surface area (Å²) in [6, 6.07) is 30.6. The molecule has 1 aliphatic heterocycles. The maximum absolute atomic E-state index is 12.5. The van der Waals surface area contributed by atoms with E-state index in [1.165, 1.54) is 23.9 Å². The summed E-state index contributed by atoms with van der Waals surface area (Å²) < 4.78 is 5.20. The van der Waals surface area contributed by atoms with Crippen molar-refractivity contribution in [3.8, 4) is 11.1 Å². The summed E-state index contributed by atoms with van der Waals surface area (Å²) in [5.74, 6) is -1.48. The fraction of sp³-hybridized carbons (Fsp3) is 0.0968. The van der Waals surface area contributed by atoms with Crippen LogP contribution in [0.25, 0.3) is 11.1 Å². The highest BCUT2D eigenvalue weighted by molar-refractivity contribution is 8.01. The number of Topliss-reactive ketones (excluding diaryl/α,β-unsaturated/α-hetero) is 1. The fourth-order valence-electron chi connectivity index (χ4n) is 4.07. The number of carbonyl (C=O) groups excluding carboxylic acids is 4. The van der Waals surface area contributed by atoms with Gasteiger partial charge in [-0.25, -0.2) is 4.79 Å². The Kier molecular flexibility index (Phi) is 7.84. The van der Waals surface area contributed by atoms with Crippen LogP contribution in [0.5, 0.6) is 0 Å². The molecule has 0 radical (unpaired) electrons. The largest absolute Gasteiger partial charge is 0.454 e. The van der Waals surface area contributed by atoms with Crippen molar-refractivity contribution >= 4 is 46.7 Å². The molecule has 4 aromatic carbocycles. The summed E-state index contributed by atoms with van der Waals surface area (Å²) in [5, 5.41) is 5.03. The maximum Gasteiger partial charge on any atom is 0.338 e. The number of hydrogen-bond acceptors (Lipinski definition) is 6. The smallest absolute Gasteiger partial charge is 0.338 e. The molecule has 8 heteroatoms. The van der Waals surface area contributed by atoms with Crippen molar-refractivity contribution in [1.29, 1.82) is 0 Å². The first-order chi connectivity index (χ1) is 19.0. The molecule has 0 aromatic heterocycles. The lowest BCUT2D eigenvalue weighted by Crippen LogP contribution is -2.32. The van der Waals surface area contributed by atoms with Gasteiger partial charge in [0.25, 0.3) is 0 Å². The van der Waals surface area contributed by atoms with Crippen molar-refractivity contribution in [1.82, 2.24) is 0 Å². The van der Waals surface area contributed by atoms with Crippen molar-refractivity contribution in [3.05, 3.63) is 114 Å². The average molecular weight is 537 g/mol. The second-order valence-electron chi connectivity index (χ2n) is 8.86. The zero-order chi connectivity index (χ0) is 27.2. The Hall–Kier alpha value is -4.69. The number of hydrogen-bond donors (Lipinski definition) is 2. The van der Waals surface area contributed by atoms with E-state index in [0.29, 0.717) is 11.3 Å². The topological polar surface area (TPSA) is 102 Å². The first-order valence-electron chi connectivity index (χ1n) is 12.3. The van der Waals surface area contributed by atoms with E-state index in [2.05, 4.69) is 10.6 Å². The minimum absolute atomic E-state index is 0.00304. The summed E-state index contributed by atoms with van der Waals surface area (Å²) in [7, 11) is 0. The number of amides is 2. The molecule has 5 rings (SSSR count). The Balaban J connectivity index is 1.10. The molecule has 0 saturated carbocycles. The van der Waals surface area contributed by atoms with Gasteiger partial charge in [-0.3, -0.25) is 14.4 Å². The lowest BCUT2D eigenvalue weighted by atomic mass is 10.0. The van der Waals surface area contributed by atoms with E-state index < -0.39 is 11.2 Å². The van der Waals surface area contributed by atoms with Crippen LogP contribution < -0.4 is 10.6 Å². The molecule has 39 heavy (non-hydrogen) atoms. The Bertz CT molecular complexity index is 1520. The highest BCUT2D eigenvalue weighted by Crippen LogP contribution is 2.36. The number of ether oxygens (including phenoxy) is 1. The summed E-state index contributed by atoms with van der Waals surface area (Å²) >= 11 is 1.35. The number of fused-ring (bicyclic) bond motifs is 1. The SMILES string of the molecule is O=C(CC1Sc2ccccc2NC1=O)Nc1ccc(C(=O)OCC(=O)c2ccc(-c3ccccc3)cc2)cc1. The second-order valence-corrected chi connectivity index (χ2v) is 10.1. The minimum Gasteiger partial charge on any atom is -0.454 e. The van der Waals surface area contributed by atoms with Gasteiger partial charge >= 0.3 is 5.97 Å². The average Bonchev–Trinajstić information content (AvgIpc) is 2.97. The number of carbonyl (C=O) groups is 4. The zero-order valence-electron chi connectivity index (χ0n) is 20.8. The van der Waals surface area contributed by atoms with E-state index in [1.54, 1.807) is 24.3 Å².